The quantitative estimate of drug-likeness (QED) is 0.472. The van der Waals surface area contributed by atoms with Crippen molar-refractivity contribution >= 4 is 11.6 Å². The molecule has 0 unspecified atom stereocenters. The number of aromatic nitrogens is 6. The molecule has 0 bridgehead atoms. The summed E-state index contributed by atoms with van der Waals surface area (Å²) in [7, 11) is 3.09. The lowest BCUT2D eigenvalue weighted by Crippen LogP contribution is -2.25. The molecule has 4 aromatic rings. The standard InChI is InChI=1S/C18H15ClN6O4/c1-27-14-8-7-11(9-15(14)28-2)17-21-20-16(29-17)10-24-18(26)25(23-22-24)13-6-4-3-5-12(13)19/h3-9H,10H2,1-2H3. The average Bonchev–Trinajstić information content (AvgIpc) is 3.35. The van der Waals surface area contributed by atoms with Crippen LogP contribution in [0.25, 0.3) is 17.1 Å². The van der Waals surface area contributed by atoms with E-state index in [9.17, 15) is 4.79 Å². The molecule has 29 heavy (non-hydrogen) atoms. The highest BCUT2D eigenvalue weighted by molar-refractivity contribution is 6.32. The van der Waals surface area contributed by atoms with Crippen molar-refractivity contribution in [1.82, 2.24) is 30.0 Å². The molecule has 148 valence electrons. The number of methoxy groups -OCH3 is 2. The minimum Gasteiger partial charge on any atom is -0.493 e. The van der Waals surface area contributed by atoms with E-state index in [2.05, 4.69) is 20.6 Å². The summed E-state index contributed by atoms with van der Waals surface area (Å²) in [6.07, 6.45) is 0. The zero-order chi connectivity index (χ0) is 20.4. The van der Waals surface area contributed by atoms with Gasteiger partial charge in [0.15, 0.2) is 11.5 Å². The van der Waals surface area contributed by atoms with Crippen LogP contribution in [0.15, 0.2) is 51.7 Å². The molecule has 0 radical (unpaired) electrons. The van der Waals surface area contributed by atoms with Crippen LogP contribution in [-0.2, 0) is 6.54 Å². The third-order valence-corrected chi connectivity index (χ3v) is 4.42. The minimum absolute atomic E-state index is 0.0381. The number of tetrazole rings is 1. The smallest absolute Gasteiger partial charge is 0.369 e. The highest BCUT2D eigenvalue weighted by Crippen LogP contribution is 2.31. The van der Waals surface area contributed by atoms with E-state index in [1.165, 1.54) is 7.11 Å². The van der Waals surface area contributed by atoms with E-state index in [0.29, 0.717) is 27.8 Å². The predicted molar refractivity (Wildman–Crippen MR) is 103 cm³/mol. The van der Waals surface area contributed by atoms with Gasteiger partial charge in [-0.15, -0.1) is 10.2 Å². The Kier molecular flexibility index (Phi) is 5.00. The van der Waals surface area contributed by atoms with Crippen molar-refractivity contribution in [2.45, 2.75) is 6.54 Å². The van der Waals surface area contributed by atoms with E-state index >= 15 is 0 Å². The first-order valence-corrected chi connectivity index (χ1v) is 8.81. The Hall–Kier alpha value is -3.66. The molecule has 0 aliphatic carbocycles. The van der Waals surface area contributed by atoms with E-state index < -0.39 is 5.69 Å². The molecule has 11 heteroatoms. The van der Waals surface area contributed by atoms with Crippen molar-refractivity contribution in [2.24, 2.45) is 0 Å². The van der Waals surface area contributed by atoms with Gasteiger partial charge in [-0.3, -0.25) is 0 Å². The van der Waals surface area contributed by atoms with Gasteiger partial charge in [-0.1, -0.05) is 23.7 Å². The van der Waals surface area contributed by atoms with E-state index in [4.69, 9.17) is 25.5 Å². The van der Waals surface area contributed by atoms with Gasteiger partial charge in [-0.25, -0.2) is 4.79 Å². The lowest BCUT2D eigenvalue weighted by atomic mass is 10.2. The van der Waals surface area contributed by atoms with Crippen LogP contribution in [0.2, 0.25) is 5.02 Å². The average molecular weight is 415 g/mol. The van der Waals surface area contributed by atoms with Gasteiger partial charge >= 0.3 is 5.69 Å². The number of hydrogen-bond acceptors (Lipinski definition) is 8. The van der Waals surface area contributed by atoms with Gasteiger partial charge in [0.25, 0.3) is 0 Å². The van der Waals surface area contributed by atoms with E-state index in [-0.39, 0.29) is 18.3 Å². The molecule has 0 aliphatic heterocycles. The molecule has 0 N–H and O–H groups in total. The molecule has 4 rings (SSSR count). The molecule has 10 nitrogen and oxygen atoms in total. The SMILES string of the molecule is COc1ccc(-c2nnc(Cn3nnn(-c4ccccc4Cl)c3=O)o2)cc1OC. The first-order chi connectivity index (χ1) is 14.1. The summed E-state index contributed by atoms with van der Waals surface area (Å²) in [5.74, 6) is 1.58. The Morgan fingerprint density at radius 2 is 1.83 bits per heavy atom. The second kappa shape index (κ2) is 7.76. The molecule has 0 amide bonds. The fourth-order valence-corrected chi connectivity index (χ4v) is 2.90. The summed E-state index contributed by atoms with van der Waals surface area (Å²) in [5, 5.41) is 16.1. The van der Waals surface area contributed by atoms with Crippen molar-refractivity contribution in [3.8, 4) is 28.6 Å². The van der Waals surface area contributed by atoms with E-state index in [1.807, 2.05) is 0 Å². The summed E-state index contributed by atoms with van der Waals surface area (Å²) in [6.45, 7) is -0.0381. The Morgan fingerprint density at radius 3 is 2.59 bits per heavy atom. The van der Waals surface area contributed by atoms with Crippen LogP contribution < -0.4 is 15.2 Å². The Balaban J connectivity index is 1.59. The van der Waals surface area contributed by atoms with Crippen LogP contribution >= 0.6 is 11.6 Å². The number of benzene rings is 2. The number of nitrogens with zero attached hydrogens (tertiary/aromatic N) is 6. The third kappa shape index (κ3) is 3.57. The predicted octanol–water partition coefficient (Wildman–Crippen LogP) is 2.20. The summed E-state index contributed by atoms with van der Waals surface area (Å²) < 4.78 is 18.4. The fourth-order valence-electron chi connectivity index (χ4n) is 2.68. The Morgan fingerprint density at radius 1 is 1.03 bits per heavy atom. The zero-order valence-corrected chi connectivity index (χ0v) is 16.2. The normalized spacial score (nSPS) is 10.9. The number of hydrogen-bond donors (Lipinski definition) is 0. The van der Waals surface area contributed by atoms with Gasteiger partial charge in [0.1, 0.15) is 6.54 Å². The van der Waals surface area contributed by atoms with Crippen molar-refractivity contribution < 1.29 is 13.9 Å². The van der Waals surface area contributed by atoms with Crippen LogP contribution in [0.1, 0.15) is 5.89 Å². The summed E-state index contributed by atoms with van der Waals surface area (Å²) >= 11 is 6.12. The van der Waals surface area contributed by atoms with E-state index in [0.717, 1.165) is 9.36 Å². The summed E-state index contributed by atoms with van der Waals surface area (Å²) in [5.41, 5.74) is 0.597. The minimum atomic E-state index is -0.482. The number of ether oxygens (including phenoxy) is 2. The van der Waals surface area contributed by atoms with Gasteiger partial charge in [0, 0.05) is 5.56 Å². The van der Waals surface area contributed by atoms with Gasteiger partial charge in [-0.05, 0) is 40.8 Å². The van der Waals surface area contributed by atoms with Gasteiger partial charge in [-0.2, -0.15) is 9.36 Å². The second-order valence-corrected chi connectivity index (χ2v) is 6.26. The van der Waals surface area contributed by atoms with Gasteiger partial charge in [0.2, 0.25) is 11.8 Å². The highest BCUT2D eigenvalue weighted by atomic mass is 35.5. The molecule has 2 heterocycles. The molecule has 2 aromatic carbocycles. The van der Waals surface area contributed by atoms with Crippen molar-refractivity contribution in [3.05, 3.63) is 63.9 Å². The molecule has 0 fully saturated rings. The van der Waals surface area contributed by atoms with Crippen LogP contribution in [-0.4, -0.2) is 44.2 Å². The number of para-hydroxylation sites is 1. The van der Waals surface area contributed by atoms with Crippen molar-refractivity contribution in [2.75, 3.05) is 14.2 Å². The first kappa shape index (κ1) is 18.7. The van der Waals surface area contributed by atoms with E-state index in [1.54, 1.807) is 49.6 Å². The van der Waals surface area contributed by atoms with Crippen molar-refractivity contribution in [1.29, 1.82) is 0 Å². The maximum atomic E-state index is 12.6. The maximum Gasteiger partial charge on any atom is 0.369 e. The van der Waals surface area contributed by atoms with Gasteiger partial charge in [0.05, 0.1) is 24.9 Å². The maximum absolute atomic E-state index is 12.6. The monoisotopic (exact) mass is 414 g/mol. The Bertz CT molecular complexity index is 1220. The molecule has 2 aromatic heterocycles. The van der Waals surface area contributed by atoms with Crippen LogP contribution in [0.5, 0.6) is 11.5 Å². The summed E-state index contributed by atoms with van der Waals surface area (Å²) in [6, 6.07) is 12.1. The molecular weight excluding hydrogens is 400 g/mol. The second-order valence-electron chi connectivity index (χ2n) is 5.85. The van der Waals surface area contributed by atoms with Crippen LogP contribution in [0, 0.1) is 0 Å². The zero-order valence-electron chi connectivity index (χ0n) is 15.4. The lowest BCUT2D eigenvalue weighted by molar-refractivity contribution is 0.355. The molecule has 0 aliphatic rings. The molecule has 0 spiro atoms. The van der Waals surface area contributed by atoms with Crippen LogP contribution in [0.3, 0.4) is 0 Å². The highest BCUT2D eigenvalue weighted by Gasteiger charge is 2.16. The summed E-state index contributed by atoms with van der Waals surface area (Å²) in [4.78, 5) is 12.6. The first-order valence-electron chi connectivity index (χ1n) is 8.43. The van der Waals surface area contributed by atoms with Gasteiger partial charge < -0.3 is 13.9 Å². The molecule has 0 saturated carbocycles. The molecular formula is C18H15ClN6O4. The number of rotatable bonds is 6. The third-order valence-electron chi connectivity index (χ3n) is 4.10. The largest absolute Gasteiger partial charge is 0.493 e. The van der Waals surface area contributed by atoms with Crippen LogP contribution in [0.4, 0.5) is 0 Å². The topological polar surface area (TPSA) is 110 Å². The lowest BCUT2D eigenvalue weighted by Gasteiger charge is -2.07. The number of halogens is 1. The van der Waals surface area contributed by atoms with Crippen molar-refractivity contribution in [3.63, 3.8) is 0 Å². The fraction of sp³-hybridized carbons (Fsp3) is 0.167. The molecule has 0 saturated heterocycles. The Labute approximate surface area is 169 Å². The molecule has 0 atom stereocenters.